The molecule has 3 nitrogen and oxygen atoms in total. The highest BCUT2D eigenvalue weighted by molar-refractivity contribution is 6.43. The maximum Gasteiger partial charge on any atom is 0.165 e. The number of nitrogens with zero attached hydrogens (tertiary/aromatic N) is 1. The number of para-hydroxylation sites is 2. The summed E-state index contributed by atoms with van der Waals surface area (Å²) in [5, 5.41) is 0. The van der Waals surface area contributed by atoms with Gasteiger partial charge >= 0.3 is 0 Å². The van der Waals surface area contributed by atoms with Crippen LogP contribution in [0.2, 0.25) is 0 Å². The molecule has 0 spiro atoms. The second-order valence-corrected chi connectivity index (χ2v) is 3.54. The van der Waals surface area contributed by atoms with E-state index in [9.17, 15) is 0 Å². The van der Waals surface area contributed by atoms with Crippen LogP contribution in [0.1, 0.15) is 10.7 Å². The Morgan fingerprint density at radius 3 is 2.43 bits per heavy atom. The number of hydrogen-bond acceptors (Lipinski definition) is 2. The number of rotatable bonds is 1. The predicted molar refractivity (Wildman–Crippen MR) is 58.6 cm³/mol. The number of benzene rings is 1. The van der Waals surface area contributed by atoms with Gasteiger partial charge in [0, 0.05) is 0 Å². The smallest absolute Gasteiger partial charge is 0.165 e. The fourth-order valence-corrected chi connectivity index (χ4v) is 1.28. The standard InChI is InChI=1S/C8H6Cl2N2.ClHO/c9-7(10)8-11-5-3-1-2-4-6(5)12-8;1-2/h1-4,7H,(H,11,12);2H. The number of fused-ring (bicyclic) bond motifs is 1. The zero-order chi connectivity index (χ0) is 10.6. The maximum absolute atomic E-state index is 6.47. The van der Waals surface area contributed by atoms with Gasteiger partial charge in [0.25, 0.3) is 0 Å². The lowest BCUT2D eigenvalue weighted by molar-refractivity contribution is 0.632. The Morgan fingerprint density at radius 1 is 1.21 bits per heavy atom. The molecule has 1 aromatic carbocycles. The highest BCUT2D eigenvalue weighted by Crippen LogP contribution is 2.23. The normalized spacial score (nSPS) is 10.1. The summed E-state index contributed by atoms with van der Waals surface area (Å²) >= 11 is 14.9. The van der Waals surface area contributed by atoms with Gasteiger partial charge in [-0.15, -0.1) is 0 Å². The lowest BCUT2D eigenvalue weighted by atomic mass is 10.3. The molecule has 2 N–H and O–H groups in total. The second-order valence-electron chi connectivity index (χ2n) is 2.44. The quantitative estimate of drug-likeness (QED) is 0.767. The third-order valence-electron chi connectivity index (χ3n) is 1.61. The van der Waals surface area contributed by atoms with Gasteiger partial charge in [-0.05, 0) is 12.1 Å². The third kappa shape index (κ3) is 2.51. The van der Waals surface area contributed by atoms with Crippen molar-refractivity contribution >= 4 is 46.1 Å². The lowest BCUT2D eigenvalue weighted by Crippen LogP contribution is -1.82. The first-order valence-corrected chi connectivity index (χ1v) is 4.88. The largest absolute Gasteiger partial charge is 0.340 e. The molecule has 0 radical (unpaired) electrons. The minimum atomic E-state index is -0.586. The van der Waals surface area contributed by atoms with Crippen LogP contribution in [-0.4, -0.2) is 14.6 Å². The number of hydrogen-bond donors (Lipinski definition) is 2. The fourth-order valence-electron chi connectivity index (χ4n) is 1.08. The van der Waals surface area contributed by atoms with Gasteiger partial charge in [0.2, 0.25) is 0 Å². The van der Waals surface area contributed by atoms with Crippen LogP contribution in [0, 0.1) is 0 Å². The van der Waals surface area contributed by atoms with Gasteiger partial charge in [0.05, 0.1) is 22.9 Å². The van der Waals surface area contributed by atoms with E-state index >= 15 is 0 Å². The van der Waals surface area contributed by atoms with Crippen molar-refractivity contribution in [3.8, 4) is 0 Å². The van der Waals surface area contributed by atoms with Crippen molar-refractivity contribution in [2.45, 2.75) is 4.84 Å². The van der Waals surface area contributed by atoms with E-state index in [4.69, 9.17) is 27.9 Å². The summed E-state index contributed by atoms with van der Waals surface area (Å²) in [7, 11) is 0. The highest BCUT2D eigenvalue weighted by atomic mass is 35.5. The van der Waals surface area contributed by atoms with Crippen LogP contribution in [0.5, 0.6) is 0 Å². The summed E-state index contributed by atoms with van der Waals surface area (Å²) < 4.78 is 6.47. The van der Waals surface area contributed by atoms with Gasteiger partial charge in [-0.1, -0.05) is 35.3 Å². The van der Waals surface area contributed by atoms with E-state index in [0.29, 0.717) is 5.82 Å². The van der Waals surface area contributed by atoms with Crippen LogP contribution in [0.3, 0.4) is 0 Å². The van der Waals surface area contributed by atoms with E-state index in [2.05, 4.69) is 21.8 Å². The zero-order valence-electron chi connectivity index (χ0n) is 6.92. The Morgan fingerprint density at radius 2 is 1.86 bits per heavy atom. The molecule has 76 valence electrons. The van der Waals surface area contributed by atoms with Crippen LogP contribution in [-0.2, 0) is 0 Å². The molecular weight excluding hydrogens is 246 g/mol. The van der Waals surface area contributed by atoms with Gasteiger partial charge in [-0.3, -0.25) is 4.66 Å². The number of halogens is 3. The van der Waals surface area contributed by atoms with Gasteiger partial charge < -0.3 is 4.98 Å². The molecule has 0 bridgehead atoms. The molecule has 0 fully saturated rings. The summed E-state index contributed by atoms with van der Waals surface area (Å²) in [5.41, 5.74) is 1.85. The Bertz CT molecular complexity index is 369. The molecule has 0 aliphatic rings. The number of imidazole rings is 1. The van der Waals surface area contributed by atoms with Crippen LogP contribution in [0.25, 0.3) is 11.0 Å². The van der Waals surface area contributed by atoms with Crippen molar-refractivity contribution in [1.82, 2.24) is 9.97 Å². The Labute approximate surface area is 95.8 Å². The minimum absolute atomic E-state index is 0.586. The molecule has 1 aromatic heterocycles. The van der Waals surface area contributed by atoms with E-state index in [1.165, 1.54) is 0 Å². The molecular formula is C8H7Cl3N2O. The number of H-pyrrole nitrogens is 1. The highest BCUT2D eigenvalue weighted by Gasteiger charge is 2.07. The first-order valence-electron chi connectivity index (χ1n) is 3.67. The lowest BCUT2D eigenvalue weighted by Gasteiger charge is -1.90. The Kier molecular flexibility index (Phi) is 4.48. The van der Waals surface area contributed by atoms with E-state index in [1.807, 2.05) is 24.3 Å². The average molecular weight is 254 g/mol. The molecule has 0 unspecified atom stereocenters. The molecule has 0 aliphatic carbocycles. The van der Waals surface area contributed by atoms with Crippen molar-refractivity contribution in [2.75, 3.05) is 0 Å². The topological polar surface area (TPSA) is 48.9 Å². The first-order chi connectivity index (χ1) is 6.77. The van der Waals surface area contributed by atoms with Crippen LogP contribution in [0.4, 0.5) is 0 Å². The molecule has 0 atom stereocenters. The molecule has 6 heteroatoms. The molecule has 1 heterocycles. The molecule has 2 rings (SSSR count). The van der Waals surface area contributed by atoms with Crippen molar-refractivity contribution in [2.24, 2.45) is 0 Å². The minimum Gasteiger partial charge on any atom is -0.340 e. The Balaban J connectivity index is 0.000000461. The van der Waals surface area contributed by atoms with E-state index in [1.54, 1.807) is 0 Å². The van der Waals surface area contributed by atoms with Crippen molar-refractivity contribution in [3.63, 3.8) is 0 Å². The van der Waals surface area contributed by atoms with Crippen molar-refractivity contribution < 1.29 is 4.66 Å². The summed E-state index contributed by atoms with van der Waals surface area (Å²) in [4.78, 5) is 6.63. The van der Waals surface area contributed by atoms with Gasteiger partial charge in [0.1, 0.15) is 5.82 Å². The maximum atomic E-state index is 6.47. The average Bonchev–Trinajstić information content (AvgIpc) is 2.64. The number of aromatic nitrogens is 2. The van der Waals surface area contributed by atoms with E-state index in [-0.39, 0.29) is 0 Å². The number of alkyl halides is 2. The number of nitrogens with one attached hydrogen (secondary N) is 1. The molecule has 0 amide bonds. The summed E-state index contributed by atoms with van der Waals surface area (Å²) in [6, 6.07) is 7.69. The zero-order valence-corrected chi connectivity index (χ0v) is 9.18. The van der Waals surface area contributed by atoms with E-state index in [0.717, 1.165) is 11.0 Å². The van der Waals surface area contributed by atoms with E-state index < -0.39 is 4.84 Å². The predicted octanol–water partition coefficient (Wildman–Crippen LogP) is 3.17. The van der Waals surface area contributed by atoms with Crippen LogP contribution < -0.4 is 0 Å². The van der Waals surface area contributed by atoms with Gasteiger partial charge in [-0.2, -0.15) is 0 Å². The Hall–Kier alpha value is -0.480. The molecule has 0 saturated carbocycles. The summed E-state index contributed by atoms with van der Waals surface area (Å²) in [6.07, 6.45) is 0. The monoisotopic (exact) mass is 252 g/mol. The number of aromatic amines is 1. The second kappa shape index (κ2) is 5.41. The molecule has 0 saturated heterocycles. The fraction of sp³-hybridized carbons (Fsp3) is 0.125. The molecule has 2 aromatic rings. The van der Waals surface area contributed by atoms with Gasteiger partial charge in [-0.25, -0.2) is 4.98 Å². The molecule has 0 aliphatic heterocycles. The van der Waals surface area contributed by atoms with Crippen LogP contribution >= 0.6 is 35.1 Å². The first kappa shape index (κ1) is 11.6. The summed E-state index contributed by atoms with van der Waals surface area (Å²) in [6.45, 7) is 0. The third-order valence-corrected chi connectivity index (χ3v) is 2.03. The van der Waals surface area contributed by atoms with Gasteiger partial charge in [0.15, 0.2) is 4.84 Å². The van der Waals surface area contributed by atoms with Crippen molar-refractivity contribution in [1.29, 1.82) is 0 Å². The SMILES string of the molecule is ClC(Cl)c1nc2ccccc2[nH]1.OCl. The van der Waals surface area contributed by atoms with Crippen LogP contribution in [0.15, 0.2) is 24.3 Å². The molecule has 14 heavy (non-hydrogen) atoms. The summed E-state index contributed by atoms with van der Waals surface area (Å²) in [5.74, 6) is 0.597. The van der Waals surface area contributed by atoms with Crippen molar-refractivity contribution in [3.05, 3.63) is 30.1 Å².